The highest BCUT2D eigenvalue weighted by Gasteiger charge is 2.10. The summed E-state index contributed by atoms with van der Waals surface area (Å²) in [4.78, 5) is 8.95. The third kappa shape index (κ3) is 3.38. The molecule has 124 valence electrons. The van der Waals surface area contributed by atoms with Crippen molar-refractivity contribution >= 4 is 28.4 Å². The van der Waals surface area contributed by atoms with E-state index in [9.17, 15) is 0 Å². The van der Waals surface area contributed by atoms with Gasteiger partial charge in [0.1, 0.15) is 5.75 Å². The first kappa shape index (κ1) is 16.0. The lowest BCUT2D eigenvalue weighted by Gasteiger charge is -2.14. The monoisotopic (exact) mass is 324 g/mol. The van der Waals surface area contributed by atoms with Crippen LogP contribution in [0, 0.1) is 0 Å². The molecular formula is C18H20N4O2. The highest BCUT2D eigenvalue weighted by molar-refractivity contribution is 5.81. The Morgan fingerprint density at radius 2 is 1.88 bits per heavy atom. The number of nitrogens with one attached hydrogen (secondary N) is 1. The maximum Gasteiger partial charge on any atom is 0.174 e. The normalized spacial score (nSPS) is 10.8. The second-order valence-electron chi connectivity index (χ2n) is 5.42. The molecule has 0 atom stereocenters. The highest BCUT2D eigenvalue weighted by atomic mass is 16.5. The molecule has 3 aromatic rings. The molecule has 0 aliphatic rings. The molecule has 3 rings (SSSR count). The van der Waals surface area contributed by atoms with Crippen LogP contribution in [0.2, 0.25) is 0 Å². The van der Waals surface area contributed by atoms with Gasteiger partial charge in [-0.1, -0.05) is 18.2 Å². The number of anilines is 3. The molecule has 0 unspecified atom stereocenters. The van der Waals surface area contributed by atoms with E-state index in [1.807, 2.05) is 42.5 Å². The van der Waals surface area contributed by atoms with Crippen LogP contribution in [-0.2, 0) is 6.42 Å². The lowest BCUT2D eigenvalue weighted by atomic mass is 10.1. The number of aromatic nitrogens is 2. The van der Waals surface area contributed by atoms with Crippen LogP contribution in [-0.4, -0.2) is 28.8 Å². The SMILES string of the molecule is COc1ccc(CCCO)c(Nc2nc3ccccc3nc2N)c1. The van der Waals surface area contributed by atoms with Gasteiger partial charge in [-0.25, -0.2) is 9.97 Å². The minimum absolute atomic E-state index is 0.142. The predicted molar refractivity (Wildman–Crippen MR) is 95.6 cm³/mol. The molecule has 0 saturated carbocycles. The van der Waals surface area contributed by atoms with Crippen LogP contribution in [0.5, 0.6) is 5.75 Å². The number of nitrogens with zero attached hydrogens (tertiary/aromatic N) is 2. The summed E-state index contributed by atoms with van der Waals surface area (Å²) in [6.45, 7) is 0.142. The van der Waals surface area contributed by atoms with Gasteiger partial charge >= 0.3 is 0 Å². The van der Waals surface area contributed by atoms with E-state index in [0.717, 1.165) is 34.5 Å². The first-order chi connectivity index (χ1) is 11.7. The van der Waals surface area contributed by atoms with E-state index in [1.165, 1.54) is 0 Å². The summed E-state index contributed by atoms with van der Waals surface area (Å²) < 4.78 is 5.30. The Bertz CT molecular complexity index is 852. The van der Waals surface area contributed by atoms with E-state index < -0.39 is 0 Å². The summed E-state index contributed by atoms with van der Waals surface area (Å²) in [5.74, 6) is 1.58. The van der Waals surface area contributed by atoms with Gasteiger partial charge in [0.2, 0.25) is 0 Å². The molecular weight excluding hydrogens is 304 g/mol. The number of rotatable bonds is 6. The topological polar surface area (TPSA) is 93.3 Å². The molecule has 0 radical (unpaired) electrons. The van der Waals surface area contributed by atoms with E-state index in [4.69, 9.17) is 15.6 Å². The molecule has 1 heterocycles. The lowest BCUT2D eigenvalue weighted by molar-refractivity contribution is 0.288. The Kier molecular flexibility index (Phi) is 4.77. The average molecular weight is 324 g/mol. The van der Waals surface area contributed by atoms with Gasteiger partial charge in [-0.3, -0.25) is 0 Å². The van der Waals surface area contributed by atoms with Crippen LogP contribution in [0.25, 0.3) is 11.0 Å². The number of aliphatic hydroxyl groups is 1. The van der Waals surface area contributed by atoms with Gasteiger partial charge in [0, 0.05) is 18.4 Å². The standard InChI is InChI=1S/C18H20N4O2/c1-24-13-9-8-12(5-4-10-23)16(11-13)22-18-17(19)20-14-6-2-3-7-15(14)21-18/h2-3,6-9,11,23H,4-5,10H2,1H3,(H2,19,20)(H,21,22). The molecule has 2 aromatic carbocycles. The second kappa shape index (κ2) is 7.14. The van der Waals surface area contributed by atoms with E-state index >= 15 is 0 Å². The Labute approximate surface area is 140 Å². The maximum atomic E-state index is 9.08. The summed E-state index contributed by atoms with van der Waals surface area (Å²) >= 11 is 0. The number of fused-ring (bicyclic) bond motifs is 1. The van der Waals surface area contributed by atoms with Crippen molar-refractivity contribution < 1.29 is 9.84 Å². The van der Waals surface area contributed by atoms with Crippen molar-refractivity contribution in [1.82, 2.24) is 9.97 Å². The Balaban J connectivity index is 1.98. The number of benzene rings is 2. The number of aryl methyl sites for hydroxylation is 1. The molecule has 6 heteroatoms. The van der Waals surface area contributed by atoms with Gasteiger partial charge in [-0.05, 0) is 36.6 Å². The molecule has 0 spiro atoms. The summed E-state index contributed by atoms with van der Waals surface area (Å²) in [5.41, 5.74) is 9.48. The third-order valence-electron chi connectivity index (χ3n) is 3.77. The van der Waals surface area contributed by atoms with Crippen molar-refractivity contribution in [3.8, 4) is 5.75 Å². The Morgan fingerprint density at radius 3 is 2.58 bits per heavy atom. The van der Waals surface area contributed by atoms with E-state index in [-0.39, 0.29) is 6.61 Å². The molecule has 1 aromatic heterocycles. The van der Waals surface area contributed by atoms with Gasteiger partial charge in [0.15, 0.2) is 11.6 Å². The number of ether oxygens (including phenoxy) is 1. The van der Waals surface area contributed by atoms with Crippen LogP contribution < -0.4 is 15.8 Å². The molecule has 0 aliphatic carbocycles. The Hall–Kier alpha value is -2.86. The highest BCUT2D eigenvalue weighted by Crippen LogP contribution is 2.29. The third-order valence-corrected chi connectivity index (χ3v) is 3.77. The molecule has 0 fully saturated rings. The van der Waals surface area contributed by atoms with Gasteiger partial charge in [0.25, 0.3) is 0 Å². The van der Waals surface area contributed by atoms with Crippen LogP contribution in [0.1, 0.15) is 12.0 Å². The molecule has 6 nitrogen and oxygen atoms in total. The number of methoxy groups -OCH3 is 1. The molecule has 4 N–H and O–H groups in total. The van der Waals surface area contributed by atoms with Crippen molar-refractivity contribution in [1.29, 1.82) is 0 Å². The van der Waals surface area contributed by atoms with Gasteiger partial charge in [-0.15, -0.1) is 0 Å². The first-order valence-electron chi connectivity index (χ1n) is 7.78. The van der Waals surface area contributed by atoms with Crippen molar-refractivity contribution in [2.24, 2.45) is 0 Å². The van der Waals surface area contributed by atoms with E-state index in [0.29, 0.717) is 18.1 Å². The summed E-state index contributed by atoms with van der Waals surface area (Å²) in [7, 11) is 1.62. The zero-order valence-corrected chi connectivity index (χ0v) is 13.5. The van der Waals surface area contributed by atoms with Gasteiger partial charge < -0.3 is 20.9 Å². The van der Waals surface area contributed by atoms with E-state index in [1.54, 1.807) is 7.11 Å². The number of hydrogen-bond donors (Lipinski definition) is 3. The quantitative estimate of drug-likeness (QED) is 0.645. The fourth-order valence-corrected chi connectivity index (χ4v) is 2.52. The Morgan fingerprint density at radius 1 is 1.12 bits per heavy atom. The molecule has 0 saturated heterocycles. The molecule has 24 heavy (non-hydrogen) atoms. The molecule has 0 aliphatic heterocycles. The summed E-state index contributed by atoms with van der Waals surface area (Å²) in [6.07, 6.45) is 1.42. The minimum Gasteiger partial charge on any atom is -0.497 e. The summed E-state index contributed by atoms with van der Waals surface area (Å²) in [5, 5.41) is 12.3. The lowest BCUT2D eigenvalue weighted by Crippen LogP contribution is -2.05. The number of aliphatic hydroxyl groups excluding tert-OH is 1. The number of para-hydroxylation sites is 2. The molecule has 0 bridgehead atoms. The van der Waals surface area contributed by atoms with Gasteiger partial charge in [0.05, 0.1) is 18.1 Å². The van der Waals surface area contributed by atoms with Gasteiger partial charge in [-0.2, -0.15) is 0 Å². The summed E-state index contributed by atoms with van der Waals surface area (Å²) in [6, 6.07) is 13.3. The van der Waals surface area contributed by atoms with Crippen LogP contribution >= 0.6 is 0 Å². The van der Waals surface area contributed by atoms with Crippen LogP contribution in [0.15, 0.2) is 42.5 Å². The number of nitrogen functional groups attached to an aromatic ring is 1. The number of hydrogen-bond acceptors (Lipinski definition) is 6. The maximum absolute atomic E-state index is 9.08. The van der Waals surface area contributed by atoms with E-state index in [2.05, 4.69) is 15.3 Å². The zero-order chi connectivity index (χ0) is 16.9. The second-order valence-corrected chi connectivity index (χ2v) is 5.42. The van der Waals surface area contributed by atoms with Crippen molar-refractivity contribution in [2.45, 2.75) is 12.8 Å². The zero-order valence-electron chi connectivity index (χ0n) is 13.5. The first-order valence-corrected chi connectivity index (χ1v) is 7.78. The smallest absolute Gasteiger partial charge is 0.174 e. The largest absolute Gasteiger partial charge is 0.497 e. The molecule has 0 amide bonds. The van der Waals surface area contributed by atoms with Crippen LogP contribution in [0.4, 0.5) is 17.3 Å². The van der Waals surface area contributed by atoms with Crippen molar-refractivity contribution in [3.63, 3.8) is 0 Å². The fraction of sp³-hybridized carbons (Fsp3) is 0.222. The fourth-order valence-electron chi connectivity index (χ4n) is 2.52. The van der Waals surface area contributed by atoms with Crippen LogP contribution in [0.3, 0.4) is 0 Å². The average Bonchev–Trinajstić information content (AvgIpc) is 2.61. The van der Waals surface area contributed by atoms with Crippen molar-refractivity contribution in [2.75, 3.05) is 24.8 Å². The minimum atomic E-state index is 0.142. The van der Waals surface area contributed by atoms with Crippen molar-refractivity contribution in [3.05, 3.63) is 48.0 Å². The number of nitrogens with two attached hydrogens (primary N) is 1. The predicted octanol–water partition coefficient (Wildman–Crippen LogP) is 2.89.